The van der Waals surface area contributed by atoms with Gasteiger partial charge in [0.15, 0.2) is 5.16 Å². The molecule has 0 saturated heterocycles. The Morgan fingerprint density at radius 3 is 2.88 bits per heavy atom. The molecule has 1 heterocycles. The highest BCUT2D eigenvalue weighted by molar-refractivity contribution is 7.99. The van der Waals surface area contributed by atoms with Gasteiger partial charge in [0.2, 0.25) is 0 Å². The quantitative estimate of drug-likeness (QED) is 0.753. The van der Waals surface area contributed by atoms with E-state index in [9.17, 15) is 4.79 Å². The van der Waals surface area contributed by atoms with Gasteiger partial charge in [0.05, 0.1) is 5.75 Å². The number of carboxylic acids is 1. The van der Waals surface area contributed by atoms with Crippen molar-refractivity contribution in [1.29, 1.82) is 0 Å². The van der Waals surface area contributed by atoms with Gasteiger partial charge in [-0.2, -0.15) is 0 Å². The predicted octanol–water partition coefficient (Wildman–Crippen LogP) is 1.82. The van der Waals surface area contributed by atoms with Crippen molar-refractivity contribution in [3.05, 3.63) is 5.82 Å². The van der Waals surface area contributed by atoms with Gasteiger partial charge in [0.25, 0.3) is 0 Å². The Bertz CT molecular complexity index is 401. The molecule has 94 valence electrons. The van der Waals surface area contributed by atoms with Gasteiger partial charge in [0.1, 0.15) is 5.82 Å². The van der Waals surface area contributed by atoms with Crippen LogP contribution in [0.15, 0.2) is 5.16 Å². The van der Waals surface area contributed by atoms with Crippen LogP contribution in [0, 0.1) is 5.92 Å². The van der Waals surface area contributed by atoms with Gasteiger partial charge in [-0.3, -0.25) is 4.79 Å². The number of hydrogen-bond donors (Lipinski definition) is 1. The van der Waals surface area contributed by atoms with E-state index in [1.807, 2.05) is 6.92 Å². The number of aryl methyl sites for hydroxylation is 1. The fourth-order valence-corrected chi connectivity index (χ4v) is 2.46. The third-order valence-corrected chi connectivity index (χ3v) is 3.84. The second-order valence-electron chi connectivity index (χ2n) is 4.32. The number of hydrogen-bond acceptors (Lipinski definition) is 4. The summed E-state index contributed by atoms with van der Waals surface area (Å²) in [5.74, 6) is 1.05. The molecule has 0 radical (unpaired) electrons. The van der Waals surface area contributed by atoms with E-state index in [2.05, 4.69) is 14.8 Å². The summed E-state index contributed by atoms with van der Waals surface area (Å²) >= 11 is 1.25. The highest BCUT2D eigenvalue weighted by Crippen LogP contribution is 2.33. The SMILES string of the molecule is CCc1nnc(SCC(=O)O)n1CCC1CC1. The normalized spacial score (nSPS) is 15.1. The standard InChI is InChI=1S/C11H17N3O2S/c1-2-9-12-13-11(17-7-10(15)16)14(9)6-5-8-3-4-8/h8H,2-7H2,1H3,(H,15,16). The van der Waals surface area contributed by atoms with Crippen LogP contribution in [-0.4, -0.2) is 31.6 Å². The van der Waals surface area contributed by atoms with Crippen molar-refractivity contribution in [1.82, 2.24) is 14.8 Å². The molecular formula is C11H17N3O2S. The van der Waals surface area contributed by atoms with Gasteiger partial charge in [-0.05, 0) is 12.3 Å². The summed E-state index contributed by atoms with van der Waals surface area (Å²) in [5, 5.41) is 17.6. The van der Waals surface area contributed by atoms with Crippen LogP contribution in [0.25, 0.3) is 0 Å². The third kappa shape index (κ3) is 3.46. The van der Waals surface area contributed by atoms with Crippen LogP contribution in [0.2, 0.25) is 0 Å². The Hall–Kier alpha value is -1.04. The van der Waals surface area contributed by atoms with Crippen LogP contribution in [0.5, 0.6) is 0 Å². The zero-order valence-electron chi connectivity index (χ0n) is 9.93. The van der Waals surface area contributed by atoms with Crippen LogP contribution in [0.3, 0.4) is 0 Å². The van der Waals surface area contributed by atoms with Crippen molar-refractivity contribution in [2.45, 2.75) is 44.3 Å². The molecule has 0 aliphatic heterocycles. The van der Waals surface area contributed by atoms with E-state index in [4.69, 9.17) is 5.11 Å². The Balaban J connectivity index is 2.01. The van der Waals surface area contributed by atoms with Gasteiger partial charge >= 0.3 is 5.97 Å². The Morgan fingerprint density at radius 1 is 1.53 bits per heavy atom. The van der Waals surface area contributed by atoms with Crippen molar-refractivity contribution in [2.24, 2.45) is 5.92 Å². The number of aliphatic carboxylic acids is 1. The van der Waals surface area contributed by atoms with Crippen LogP contribution in [0.1, 0.15) is 32.0 Å². The summed E-state index contributed by atoms with van der Waals surface area (Å²) in [6.07, 6.45) is 4.67. The van der Waals surface area contributed by atoms with Gasteiger partial charge in [0, 0.05) is 13.0 Å². The van der Waals surface area contributed by atoms with Crippen LogP contribution >= 0.6 is 11.8 Å². The maximum atomic E-state index is 10.6. The molecule has 1 aliphatic carbocycles. The molecule has 2 rings (SSSR count). The molecular weight excluding hydrogens is 238 g/mol. The number of carbonyl (C=O) groups is 1. The van der Waals surface area contributed by atoms with Crippen LogP contribution < -0.4 is 0 Å². The van der Waals surface area contributed by atoms with Crippen molar-refractivity contribution in [3.8, 4) is 0 Å². The van der Waals surface area contributed by atoms with Crippen molar-refractivity contribution in [2.75, 3.05) is 5.75 Å². The first-order chi connectivity index (χ1) is 8.20. The zero-order chi connectivity index (χ0) is 12.3. The first-order valence-corrected chi connectivity index (χ1v) is 6.96. The minimum Gasteiger partial charge on any atom is -0.481 e. The molecule has 1 aliphatic rings. The number of rotatable bonds is 7. The molecule has 17 heavy (non-hydrogen) atoms. The molecule has 0 atom stereocenters. The van der Waals surface area contributed by atoms with Crippen LogP contribution in [0.4, 0.5) is 0 Å². The van der Waals surface area contributed by atoms with E-state index in [-0.39, 0.29) is 5.75 Å². The predicted molar refractivity (Wildman–Crippen MR) is 65.1 cm³/mol. The fourth-order valence-electron chi connectivity index (χ4n) is 1.76. The lowest BCUT2D eigenvalue weighted by Gasteiger charge is -2.07. The highest BCUT2D eigenvalue weighted by Gasteiger charge is 2.22. The summed E-state index contributed by atoms with van der Waals surface area (Å²) in [7, 11) is 0. The van der Waals surface area contributed by atoms with E-state index in [0.29, 0.717) is 0 Å². The molecule has 0 spiro atoms. The maximum absolute atomic E-state index is 10.6. The summed E-state index contributed by atoms with van der Waals surface area (Å²) in [6.45, 7) is 2.96. The van der Waals surface area contributed by atoms with Gasteiger partial charge < -0.3 is 9.67 Å². The molecule has 1 N–H and O–H groups in total. The Kier molecular flexibility index (Phi) is 4.04. The minimum atomic E-state index is -0.815. The second kappa shape index (κ2) is 5.53. The minimum absolute atomic E-state index is 0.0469. The summed E-state index contributed by atoms with van der Waals surface area (Å²) < 4.78 is 2.08. The average molecular weight is 255 g/mol. The van der Waals surface area contributed by atoms with Gasteiger partial charge in [-0.1, -0.05) is 31.5 Å². The molecule has 6 heteroatoms. The largest absolute Gasteiger partial charge is 0.481 e. The molecule has 1 aromatic heterocycles. The molecule has 0 aromatic carbocycles. The zero-order valence-corrected chi connectivity index (χ0v) is 10.7. The summed E-state index contributed by atoms with van der Waals surface area (Å²) in [4.78, 5) is 10.6. The lowest BCUT2D eigenvalue weighted by molar-refractivity contribution is -0.133. The van der Waals surface area contributed by atoms with Crippen molar-refractivity contribution in [3.63, 3.8) is 0 Å². The number of nitrogens with zero attached hydrogens (tertiary/aromatic N) is 3. The molecule has 0 unspecified atom stereocenters. The van der Waals surface area contributed by atoms with Gasteiger partial charge in [-0.15, -0.1) is 10.2 Å². The molecule has 5 nitrogen and oxygen atoms in total. The van der Waals surface area contributed by atoms with Crippen molar-refractivity contribution >= 4 is 17.7 Å². The van der Waals surface area contributed by atoms with Crippen molar-refractivity contribution < 1.29 is 9.90 Å². The molecule has 1 aromatic rings. The molecule has 0 amide bonds. The number of thioether (sulfide) groups is 1. The Morgan fingerprint density at radius 2 is 2.29 bits per heavy atom. The third-order valence-electron chi connectivity index (χ3n) is 2.89. The van der Waals surface area contributed by atoms with E-state index in [0.717, 1.165) is 36.3 Å². The first-order valence-electron chi connectivity index (χ1n) is 5.97. The van der Waals surface area contributed by atoms with Crippen LogP contribution in [-0.2, 0) is 17.8 Å². The summed E-state index contributed by atoms with van der Waals surface area (Å²) in [6, 6.07) is 0. The average Bonchev–Trinajstić information content (AvgIpc) is 3.04. The molecule has 0 bridgehead atoms. The first kappa shape index (κ1) is 12.4. The smallest absolute Gasteiger partial charge is 0.313 e. The van der Waals surface area contributed by atoms with E-state index < -0.39 is 5.97 Å². The topological polar surface area (TPSA) is 68.0 Å². The second-order valence-corrected chi connectivity index (χ2v) is 5.26. The number of carboxylic acid groups (broad SMARTS) is 1. The van der Waals surface area contributed by atoms with E-state index >= 15 is 0 Å². The van der Waals surface area contributed by atoms with Gasteiger partial charge in [-0.25, -0.2) is 0 Å². The number of aromatic nitrogens is 3. The lowest BCUT2D eigenvalue weighted by Crippen LogP contribution is -2.07. The monoisotopic (exact) mass is 255 g/mol. The van der Waals surface area contributed by atoms with E-state index in [1.54, 1.807) is 0 Å². The summed E-state index contributed by atoms with van der Waals surface area (Å²) in [5.41, 5.74) is 0. The fraction of sp³-hybridized carbons (Fsp3) is 0.727. The molecule has 1 saturated carbocycles. The lowest BCUT2D eigenvalue weighted by atomic mass is 10.3. The molecule has 1 fully saturated rings. The maximum Gasteiger partial charge on any atom is 0.313 e. The van der Waals surface area contributed by atoms with E-state index in [1.165, 1.54) is 24.6 Å². The Labute approximate surface area is 105 Å². The highest BCUT2D eigenvalue weighted by atomic mass is 32.2.